The summed E-state index contributed by atoms with van der Waals surface area (Å²) < 4.78 is 9.60. The summed E-state index contributed by atoms with van der Waals surface area (Å²) in [4.78, 5) is 38.3. The number of Topliss-reactive ketones (excluding diaryl/α,β-unsaturated/α-hetero) is 1. The van der Waals surface area contributed by atoms with E-state index < -0.39 is 17.5 Å². The molecule has 27 heavy (non-hydrogen) atoms. The topological polar surface area (TPSA) is 93.1 Å². The monoisotopic (exact) mass is 377 g/mol. The van der Waals surface area contributed by atoms with E-state index in [1.807, 2.05) is 19.9 Å². The van der Waals surface area contributed by atoms with Gasteiger partial charge in [0.15, 0.2) is 11.4 Å². The second-order valence-electron chi connectivity index (χ2n) is 7.42. The Balaban J connectivity index is 2.27. The molecule has 148 valence electrons. The quantitative estimate of drug-likeness (QED) is 0.552. The minimum atomic E-state index is -1.93. The van der Waals surface area contributed by atoms with Crippen molar-refractivity contribution in [1.82, 2.24) is 4.90 Å². The molecular weight excluding hydrogens is 350 g/mol. The average molecular weight is 377 g/mol. The first-order valence-electron chi connectivity index (χ1n) is 9.02. The third-order valence-electron chi connectivity index (χ3n) is 4.73. The molecule has 2 unspecified atom stereocenters. The number of benzene rings is 1. The Kier molecular flexibility index (Phi) is 6.59. The maximum atomic E-state index is 13.1. The van der Waals surface area contributed by atoms with Gasteiger partial charge in [0.1, 0.15) is 6.61 Å². The highest BCUT2D eigenvalue weighted by Crippen LogP contribution is 2.29. The van der Waals surface area contributed by atoms with Crippen LogP contribution in [0.15, 0.2) is 24.3 Å². The summed E-state index contributed by atoms with van der Waals surface area (Å²) in [5.41, 5.74) is -0.763. The number of carbonyl (C=O) groups excluding carboxylic acids is 3. The second-order valence-corrected chi connectivity index (χ2v) is 7.42. The number of cyclic esters (lactones) is 1. The molecule has 1 saturated heterocycles. The van der Waals surface area contributed by atoms with E-state index >= 15 is 0 Å². The highest BCUT2D eigenvalue weighted by molar-refractivity contribution is 6.01. The number of ether oxygens (including phenoxy) is 2. The van der Waals surface area contributed by atoms with Gasteiger partial charge < -0.3 is 19.5 Å². The molecule has 0 aromatic heterocycles. The summed E-state index contributed by atoms with van der Waals surface area (Å²) >= 11 is 0. The third kappa shape index (κ3) is 4.86. The second kappa shape index (κ2) is 8.52. The number of aliphatic hydroxyl groups is 1. The molecule has 1 amide bonds. The summed E-state index contributed by atoms with van der Waals surface area (Å²) in [6.45, 7) is 6.35. The number of ketones is 1. The molecule has 0 spiro atoms. The number of carbonyl (C=O) groups is 3. The maximum absolute atomic E-state index is 13.1. The zero-order valence-electron chi connectivity index (χ0n) is 16.2. The zero-order chi connectivity index (χ0) is 20.2. The van der Waals surface area contributed by atoms with E-state index in [0.29, 0.717) is 31.7 Å². The van der Waals surface area contributed by atoms with Gasteiger partial charge in [-0.1, -0.05) is 32.0 Å². The lowest BCUT2D eigenvalue weighted by Gasteiger charge is -2.30. The van der Waals surface area contributed by atoms with Gasteiger partial charge >= 0.3 is 12.1 Å². The molecule has 1 aromatic carbocycles. The van der Waals surface area contributed by atoms with Gasteiger partial charge in [-0.3, -0.25) is 4.79 Å². The van der Waals surface area contributed by atoms with Crippen LogP contribution in [0.5, 0.6) is 0 Å². The van der Waals surface area contributed by atoms with Crippen molar-refractivity contribution in [3.05, 3.63) is 35.4 Å². The molecule has 0 saturated carbocycles. The van der Waals surface area contributed by atoms with Crippen molar-refractivity contribution in [1.29, 1.82) is 0 Å². The van der Waals surface area contributed by atoms with E-state index in [0.717, 1.165) is 5.56 Å². The van der Waals surface area contributed by atoms with E-state index in [4.69, 9.17) is 4.74 Å². The first-order chi connectivity index (χ1) is 12.7. The van der Waals surface area contributed by atoms with Gasteiger partial charge in [0.25, 0.3) is 0 Å². The Morgan fingerprint density at radius 2 is 2.07 bits per heavy atom. The molecule has 1 aromatic rings. The summed E-state index contributed by atoms with van der Waals surface area (Å²) in [5.74, 6) is -2.00. The molecule has 1 aliphatic rings. The van der Waals surface area contributed by atoms with E-state index in [2.05, 4.69) is 4.74 Å². The molecule has 1 N–H and O–H groups in total. The molecule has 2 atom stereocenters. The minimum Gasteiger partial charge on any atom is -0.467 e. The minimum absolute atomic E-state index is 0.0950. The molecule has 1 heterocycles. The van der Waals surface area contributed by atoms with E-state index in [1.165, 1.54) is 14.0 Å². The van der Waals surface area contributed by atoms with Crippen molar-refractivity contribution in [3.8, 4) is 0 Å². The van der Waals surface area contributed by atoms with Crippen molar-refractivity contribution in [2.75, 3.05) is 20.3 Å². The molecular formula is C20H27NO6. The summed E-state index contributed by atoms with van der Waals surface area (Å²) in [6, 6.07) is 6.88. The van der Waals surface area contributed by atoms with Gasteiger partial charge in [0.2, 0.25) is 0 Å². The maximum Gasteiger partial charge on any atom is 0.410 e. The standard InChI is InChI=1S/C20H27NO6/c1-13(2)10-16(20(3,25)18(23)26-4)17(22)15-7-5-6-14(11-15)12-21-8-9-27-19(21)24/h5-7,11,13,16,25H,8-10,12H2,1-4H3. The highest BCUT2D eigenvalue weighted by Gasteiger charge is 2.45. The van der Waals surface area contributed by atoms with Gasteiger partial charge in [-0.25, -0.2) is 9.59 Å². The lowest BCUT2D eigenvalue weighted by atomic mass is 9.78. The van der Waals surface area contributed by atoms with Gasteiger partial charge in [-0.2, -0.15) is 0 Å². The van der Waals surface area contributed by atoms with Crippen LogP contribution in [0.2, 0.25) is 0 Å². The first kappa shape index (κ1) is 20.9. The predicted octanol–water partition coefficient (Wildman–Crippen LogP) is 2.41. The Bertz CT molecular complexity index is 712. The third-order valence-corrected chi connectivity index (χ3v) is 4.73. The van der Waals surface area contributed by atoms with Gasteiger partial charge in [-0.05, 0) is 30.9 Å². The molecule has 7 heteroatoms. The Labute approximate surface area is 159 Å². The van der Waals surface area contributed by atoms with E-state index in [-0.39, 0.29) is 17.8 Å². The number of methoxy groups -OCH3 is 1. The Morgan fingerprint density at radius 3 is 2.63 bits per heavy atom. The average Bonchev–Trinajstić information content (AvgIpc) is 3.03. The fraction of sp³-hybridized carbons (Fsp3) is 0.550. The number of hydrogen-bond acceptors (Lipinski definition) is 6. The number of rotatable bonds is 8. The summed E-state index contributed by atoms with van der Waals surface area (Å²) in [6.07, 6.45) is -0.0399. The highest BCUT2D eigenvalue weighted by atomic mass is 16.6. The van der Waals surface area contributed by atoms with Crippen molar-refractivity contribution in [3.63, 3.8) is 0 Å². The number of amides is 1. The predicted molar refractivity (Wildman–Crippen MR) is 98.1 cm³/mol. The molecule has 1 aliphatic heterocycles. The lowest BCUT2D eigenvalue weighted by Crippen LogP contribution is -2.48. The molecule has 2 rings (SSSR count). The van der Waals surface area contributed by atoms with Crippen LogP contribution < -0.4 is 0 Å². The van der Waals surface area contributed by atoms with Crippen LogP contribution in [0.4, 0.5) is 4.79 Å². The Hall–Kier alpha value is -2.41. The summed E-state index contributed by atoms with van der Waals surface area (Å²) in [5, 5.41) is 10.7. The normalized spacial score (nSPS) is 17.4. The fourth-order valence-electron chi connectivity index (χ4n) is 3.23. The molecule has 7 nitrogen and oxygen atoms in total. The molecule has 0 bridgehead atoms. The fourth-order valence-corrected chi connectivity index (χ4v) is 3.23. The summed E-state index contributed by atoms with van der Waals surface area (Å²) in [7, 11) is 1.18. The van der Waals surface area contributed by atoms with Gasteiger partial charge in [-0.15, -0.1) is 0 Å². The van der Waals surface area contributed by atoms with Crippen LogP contribution in [0.1, 0.15) is 43.1 Å². The van der Waals surface area contributed by atoms with Crippen LogP contribution in [0.3, 0.4) is 0 Å². The molecule has 0 radical (unpaired) electrons. The van der Waals surface area contributed by atoms with Crippen molar-refractivity contribution in [2.24, 2.45) is 11.8 Å². The van der Waals surface area contributed by atoms with Crippen LogP contribution in [0, 0.1) is 11.8 Å². The number of hydrogen-bond donors (Lipinski definition) is 1. The van der Waals surface area contributed by atoms with E-state index in [9.17, 15) is 19.5 Å². The first-order valence-corrected chi connectivity index (χ1v) is 9.02. The number of esters is 1. The number of nitrogens with zero attached hydrogens (tertiary/aromatic N) is 1. The largest absolute Gasteiger partial charge is 0.467 e. The smallest absolute Gasteiger partial charge is 0.410 e. The van der Waals surface area contributed by atoms with Crippen LogP contribution in [-0.4, -0.2) is 53.7 Å². The van der Waals surface area contributed by atoms with Crippen molar-refractivity contribution >= 4 is 17.8 Å². The van der Waals surface area contributed by atoms with Crippen molar-refractivity contribution < 1.29 is 29.0 Å². The zero-order valence-corrected chi connectivity index (χ0v) is 16.2. The van der Waals surface area contributed by atoms with Crippen molar-refractivity contribution in [2.45, 2.75) is 39.3 Å². The van der Waals surface area contributed by atoms with Crippen LogP contribution in [-0.2, 0) is 20.8 Å². The Morgan fingerprint density at radius 1 is 1.37 bits per heavy atom. The van der Waals surface area contributed by atoms with Crippen LogP contribution in [0.25, 0.3) is 0 Å². The SMILES string of the molecule is COC(=O)C(C)(O)C(CC(C)C)C(=O)c1cccc(CN2CCOC2=O)c1. The van der Waals surface area contributed by atoms with Gasteiger partial charge in [0.05, 0.1) is 19.6 Å². The van der Waals surface area contributed by atoms with E-state index in [1.54, 1.807) is 23.1 Å². The van der Waals surface area contributed by atoms with Gasteiger partial charge in [0, 0.05) is 12.1 Å². The lowest BCUT2D eigenvalue weighted by molar-refractivity contribution is -0.165. The molecule has 1 fully saturated rings. The molecule has 0 aliphatic carbocycles. The van der Waals surface area contributed by atoms with Crippen LogP contribution >= 0.6 is 0 Å².